The number of H-pyrrole nitrogens is 2. The largest absolute Gasteiger partial charge is 0.481 e. The Balaban J connectivity index is 1.86. The van der Waals surface area contributed by atoms with Gasteiger partial charge in [-0.25, -0.2) is 0 Å². The molecule has 232 valence electrons. The first-order chi connectivity index (χ1) is 20.9. The van der Waals surface area contributed by atoms with Crippen LogP contribution in [0.15, 0.2) is 41.0 Å². The summed E-state index contributed by atoms with van der Waals surface area (Å²) in [6.45, 7) is 11.3. The van der Waals surface area contributed by atoms with E-state index in [4.69, 9.17) is 0 Å². The Labute approximate surface area is 260 Å². The molecule has 11 heteroatoms. The monoisotopic (exact) mass is 618 g/mol. The molecule has 6 N–H and O–H groups in total. The third kappa shape index (κ3) is 6.67. The van der Waals surface area contributed by atoms with Gasteiger partial charge in [0.05, 0.1) is 12.5 Å². The van der Waals surface area contributed by atoms with Crippen molar-refractivity contribution in [1.29, 1.82) is 0 Å². The number of carboxylic acid groups (broad SMARTS) is 2. The number of carbonyl (C=O) groups is 4. The second-order valence-electron chi connectivity index (χ2n) is 11.2. The maximum absolute atomic E-state index is 12.4. The molecule has 0 aliphatic carbocycles. The van der Waals surface area contributed by atoms with Gasteiger partial charge < -0.3 is 30.8 Å². The molecule has 2 aromatic heterocycles. The van der Waals surface area contributed by atoms with Gasteiger partial charge in [0.1, 0.15) is 0 Å². The molecular weight excluding hydrogens is 580 g/mol. The molecule has 2 amide bonds. The number of aliphatic carboxylic acids is 2. The number of nitrogens with one attached hydrogen (secondary N) is 4. The average molecular weight is 619 g/mol. The van der Waals surface area contributed by atoms with Crippen LogP contribution >= 0.6 is 12.6 Å². The Morgan fingerprint density at radius 1 is 1.02 bits per heavy atom. The molecule has 2 aliphatic rings. The number of thiol groups is 1. The number of aromatic amines is 2. The Morgan fingerprint density at radius 3 is 2.36 bits per heavy atom. The maximum atomic E-state index is 12.4. The van der Waals surface area contributed by atoms with Crippen molar-refractivity contribution < 1.29 is 29.4 Å². The van der Waals surface area contributed by atoms with E-state index in [1.165, 1.54) is 0 Å². The summed E-state index contributed by atoms with van der Waals surface area (Å²) in [4.78, 5) is 54.7. The standard InChI is InChI=1S/C33H38N4O6S/c1-6-20-16(2)26(36-33(20)43)13-24-17(3)21(7-9-30(38)39)27(34-24)15-28-22(8-10-31(40)41)18(4)25(35-28)14-29-23(11-12-44)19(5)32(42)37-29/h6,8,11-12,14-15,19,23,26,34-35,44H,1,7,9-10,13H2,2-5H3,(H,36,43)(H,37,42)(H,38,39)(H,40,41)/b12-11+,22-8+,28-15-,29-14-/t19-,23-,26-/m1/s1. The van der Waals surface area contributed by atoms with Crippen molar-refractivity contribution in [2.75, 3.05) is 0 Å². The maximum Gasteiger partial charge on any atom is 0.307 e. The lowest BCUT2D eigenvalue weighted by molar-refractivity contribution is -0.137. The van der Waals surface area contributed by atoms with Crippen molar-refractivity contribution in [3.63, 3.8) is 0 Å². The minimum Gasteiger partial charge on any atom is -0.481 e. The summed E-state index contributed by atoms with van der Waals surface area (Å²) in [7, 11) is 0. The molecule has 0 saturated carbocycles. The Kier molecular flexibility index (Phi) is 9.88. The molecule has 0 spiro atoms. The average Bonchev–Trinajstić information content (AvgIpc) is 3.60. The topological polar surface area (TPSA) is 164 Å². The van der Waals surface area contributed by atoms with Crippen molar-refractivity contribution in [2.24, 2.45) is 11.8 Å². The predicted molar refractivity (Wildman–Crippen MR) is 172 cm³/mol. The van der Waals surface area contributed by atoms with Crippen molar-refractivity contribution in [3.8, 4) is 0 Å². The number of rotatable bonds is 11. The SMILES string of the molecule is C=CC1=C(C)[C@@H](Cc2[nH]c(/C=c3\[nH]c(/C=C4\NC(=O)[C@H](C)[C@H]4/C=C/S)c(C)\c3=C/CC(=O)O)c(CCC(=O)O)c2C)NC1=O. The zero-order valence-electron chi connectivity index (χ0n) is 25.2. The molecule has 2 aromatic rings. The lowest BCUT2D eigenvalue weighted by Crippen LogP contribution is -2.30. The molecule has 1 fully saturated rings. The highest BCUT2D eigenvalue weighted by atomic mass is 32.1. The molecule has 4 heterocycles. The lowest BCUT2D eigenvalue weighted by Gasteiger charge is -2.12. The zero-order chi connectivity index (χ0) is 32.3. The molecule has 0 aromatic carbocycles. The van der Waals surface area contributed by atoms with Gasteiger partial charge in [0.2, 0.25) is 5.91 Å². The quantitative estimate of drug-likeness (QED) is 0.192. The molecule has 44 heavy (non-hydrogen) atoms. The van der Waals surface area contributed by atoms with Crippen LogP contribution in [-0.4, -0.2) is 50.0 Å². The zero-order valence-corrected chi connectivity index (χ0v) is 26.1. The second-order valence-corrected chi connectivity index (χ2v) is 11.5. The molecule has 10 nitrogen and oxygen atoms in total. The summed E-state index contributed by atoms with van der Waals surface area (Å²) in [5, 5.41) is 27.7. The summed E-state index contributed by atoms with van der Waals surface area (Å²) in [5.74, 6) is -2.63. The van der Waals surface area contributed by atoms with Crippen LogP contribution in [0.5, 0.6) is 0 Å². The summed E-state index contributed by atoms with van der Waals surface area (Å²) in [5.41, 5.74) is 6.93. The van der Waals surface area contributed by atoms with Crippen molar-refractivity contribution in [1.82, 2.24) is 20.6 Å². The van der Waals surface area contributed by atoms with Gasteiger partial charge in [0.25, 0.3) is 5.91 Å². The van der Waals surface area contributed by atoms with Gasteiger partial charge in [-0.1, -0.05) is 31.7 Å². The fraction of sp³-hybridized carbons (Fsp3) is 0.333. The third-order valence-corrected chi connectivity index (χ3v) is 8.70. The number of allylic oxidation sites excluding steroid dienone is 1. The van der Waals surface area contributed by atoms with Crippen molar-refractivity contribution >= 4 is 54.6 Å². The molecule has 3 atom stereocenters. The molecular formula is C33H38N4O6S. The summed E-state index contributed by atoms with van der Waals surface area (Å²) >= 11 is 4.19. The Morgan fingerprint density at radius 2 is 1.75 bits per heavy atom. The minimum absolute atomic E-state index is 0.0737. The van der Waals surface area contributed by atoms with Gasteiger partial charge in [0.15, 0.2) is 0 Å². The summed E-state index contributed by atoms with van der Waals surface area (Å²) in [6.07, 6.45) is 9.23. The summed E-state index contributed by atoms with van der Waals surface area (Å²) < 4.78 is 0. The highest BCUT2D eigenvalue weighted by Gasteiger charge is 2.33. The predicted octanol–water partition coefficient (Wildman–Crippen LogP) is 2.77. The smallest absolute Gasteiger partial charge is 0.307 e. The van der Waals surface area contributed by atoms with E-state index in [1.807, 2.05) is 45.9 Å². The van der Waals surface area contributed by atoms with Crippen LogP contribution < -0.4 is 21.2 Å². The number of aromatic nitrogens is 2. The molecule has 0 unspecified atom stereocenters. The van der Waals surface area contributed by atoms with Gasteiger partial charge in [-0.3, -0.25) is 19.2 Å². The third-order valence-electron chi connectivity index (χ3n) is 8.52. The van der Waals surface area contributed by atoms with Gasteiger partial charge in [-0.15, -0.1) is 0 Å². The Hall–Kier alpha value is -4.51. The highest BCUT2D eigenvalue weighted by molar-refractivity contribution is 7.83. The van der Waals surface area contributed by atoms with E-state index in [9.17, 15) is 29.4 Å². The van der Waals surface area contributed by atoms with Crippen LogP contribution in [0.4, 0.5) is 0 Å². The lowest BCUT2D eigenvalue weighted by atomic mass is 9.94. The first-order valence-electron chi connectivity index (χ1n) is 14.4. The number of carbonyl (C=O) groups excluding carboxylic acids is 2. The fourth-order valence-corrected chi connectivity index (χ4v) is 6.09. The molecule has 0 bridgehead atoms. The fourth-order valence-electron chi connectivity index (χ4n) is 5.90. The van der Waals surface area contributed by atoms with Gasteiger partial charge >= 0.3 is 11.9 Å². The molecule has 2 aliphatic heterocycles. The minimum atomic E-state index is -0.978. The number of hydrogen-bond acceptors (Lipinski definition) is 5. The number of carboxylic acids is 2. The summed E-state index contributed by atoms with van der Waals surface area (Å²) in [6, 6.07) is -0.235. The molecule has 1 saturated heterocycles. The van der Waals surface area contributed by atoms with Crippen LogP contribution in [0.1, 0.15) is 60.5 Å². The Bertz CT molecular complexity index is 1760. The van der Waals surface area contributed by atoms with Crippen LogP contribution in [0, 0.1) is 25.7 Å². The van der Waals surface area contributed by atoms with E-state index in [0.717, 1.165) is 28.0 Å². The van der Waals surface area contributed by atoms with E-state index in [1.54, 1.807) is 17.6 Å². The molecule has 0 radical (unpaired) electrons. The van der Waals surface area contributed by atoms with Crippen LogP contribution in [0.2, 0.25) is 0 Å². The van der Waals surface area contributed by atoms with E-state index in [-0.39, 0.29) is 49.0 Å². The van der Waals surface area contributed by atoms with Gasteiger partial charge in [-0.05, 0) is 72.2 Å². The van der Waals surface area contributed by atoms with Gasteiger partial charge in [-0.2, -0.15) is 12.6 Å². The van der Waals surface area contributed by atoms with Crippen molar-refractivity contribution in [2.45, 2.75) is 59.4 Å². The normalized spacial score (nSPS) is 22.0. The first-order valence-corrected chi connectivity index (χ1v) is 14.9. The van der Waals surface area contributed by atoms with E-state index >= 15 is 0 Å². The highest BCUT2D eigenvalue weighted by Crippen LogP contribution is 2.30. The van der Waals surface area contributed by atoms with Crippen molar-refractivity contribution in [3.05, 3.63) is 85.3 Å². The van der Waals surface area contributed by atoms with E-state index < -0.39 is 11.9 Å². The second kappa shape index (κ2) is 13.4. The van der Waals surface area contributed by atoms with Crippen LogP contribution in [0.3, 0.4) is 0 Å². The number of amides is 2. The number of hydrogen-bond donors (Lipinski definition) is 7. The first kappa shape index (κ1) is 32.4. The van der Waals surface area contributed by atoms with Crippen LogP contribution in [0.25, 0.3) is 18.2 Å². The van der Waals surface area contributed by atoms with E-state index in [0.29, 0.717) is 39.6 Å². The van der Waals surface area contributed by atoms with Crippen LogP contribution in [-0.2, 0) is 32.0 Å². The van der Waals surface area contributed by atoms with E-state index in [2.05, 4.69) is 39.8 Å². The molecule has 4 rings (SSSR count). The van der Waals surface area contributed by atoms with Gasteiger partial charge in [0, 0.05) is 58.4 Å².